The average Bonchev–Trinajstić information content (AvgIpc) is 3.44. The van der Waals surface area contributed by atoms with Gasteiger partial charge in [0.1, 0.15) is 23.0 Å². The number of halogens is 4. The van der Waals surface area contributed by atoms with Gasteiger partial charge in [0, 0.05) is 40.1 Å². The van der Waals surface area contributed by atoms with Crippen LogP contribution < -0.4 is 0 Å². The minimum absolute atomic E-state index is 0.121. The van der Waals surface area contributed by atoms with Crippen molar-refractivity contribution in [1.29, 1.82) is 0 Å². The fourth-order valence-electron chi connectivity index (χ4n) is 8.91. The Labute approximate surface area is 472 Å². The summed E-state index contributed by atoms with van der Waals surface area (Å²) in [4.78, 5) is 20.6. The number of allylic oxidation sites excluding steroid dienone is 4. The van der Waals surface area contributed by atoms with Crippen LogP contribution in [0.25, 0.3) is 86.9 Å². The highest BCUT2D eigenvalue weighted by Gasteiger charge is 2.19. The summed E-state index contributed by atoms with van der Waals surface area (Å²) in [6.45, 7) is 0. The molecule has 1 aliphatic rings. The van der Waals surface area contributed by atoms with Gasteiger partial charge in [0.25, 0.3) is 0 Å². The Morgan fingerprint density at radius 3 is 0.632 bits per heavy atom. The van der Waals surface area contributed by atoms with Crippen molar-refractivity contribution in [3.63, 3.8) is 0 Å². The van der Waals surface area contributed by atoms with Gasteiger partial charge in [-0.3, -0.25) is 9.59 Å². The highest BCUT2D eigenvalue weighted by molar-refractivity contribution is 9.11. The van der Waals surface area contributed by atoms with Gasteiger partial charge in [0.15, 0.2) is 11.6 Å². The van der Waals surface area contributed by atoms with Crippen LogP contribution >= 0.6 is 63.7 Å². The zero-order valence-electron chi connectivity index (χ0n) is 40.2. The average molecular weight is 1250 g/mol. The maximum Gasteiger partial charge on any atom is 0.178 e. The van der Waals surface area contributed by atoms with Crippen molar-refractivity contribution in [1.82, 2.24) is 0 Å². The van der Waals surface area contributed by atoms with Crippen LogP contribution in [0.2, 0.25) is 0 Å². The Kier molecular flexibility index (Phi) is 16.9. The molecule has 372 valence electrons. The lowest BCUT2D eigenvalue weighted by atomic mass is 9.92. The second kappa shape index (κ2) is 24.2. The minimum atomic E-state index is -0.121. The molecule has 12 aromatic carbocycles. The summed E-state index contributed by atoms with van der Waals surface area (Å²) < 4.78 is 3.88. The molecule has 0 aromatic heterocycles. The lowest BCUT2D eigenvalue weighted by Gasteiger charge is -2.14. The Hall–Kier alpha value is -7.86. The maximum atomic E-state index is 10.5. The number of benzene rings is 12. The molecule has 0 unspecified atom stereocenters. The van der Waals surface area contributed by atoms with Crippen LogP contribution in [0.3, 0.4) is 0 Å². The largest absolute Gasteiger partial charge is 0.507 e. The van der Waals surface area contributed by atoms with Gasteiger partial charge in [-0.15, -0.1) is 0 Å². The molecule has 4 N–H and O–H groups in total. The summed E-state index contributed by atoms with van der Waals surface area (Å²) >= 11 is 13.9. The SMILES string of the molecule is O=C1C=CC(=O)C=C1.Oc1ccc2cc(Br)ccc2c1-c1c(O)ccc2cc(Br)ccc12.Oc1ccc2cc(Br)ccc2c1-c1c(O)ccc2cc(Br)ccc12.c1ccc2ccccc2c1.c1ccc2ccccc2c1. The van der Waals surface area contributed by atoms with Crippen LogP contribution in [0.5, 0.6) is 23.0 Å². The van der Waals surface area contributed by atoms with Crippen LogP contribution in [0.1, 0.15) is 0 Å². The molecule has 12 aromatic rings. The molecular formula is C66H44Br4O6. The molecule has 10 heteroatoms. The predicted octanol–water partition coefficient (Wildman–Crippen LogP) is 19.1. The van der Waals surface area contributed by atoms with Crippen LogP contribution in [0.4, 0.5) is 0 Å². The van der Waals surface area contributed by atoms with E-state index in [0.29, 0.717) is 22.3 Å². The van der Waals surface area contributed by atoms with Gasteiger partial charge in [-0.1, -0.05) is 209 Å². The highest BCUT2D eigenvalue weighted by Crippen LogP contribution is 2.47. The van der Waals surface area contributed by atoms with E-state index in [1.165, 1.54) is 45.8 Å². The molecular weight excluding hydrogens is 1210 g/mol. The van der Waals surface area contributed by atoms with Gasteiger partial charge >= 0.3 is 0 Å². The predicted molar refractivity (Wildman–Crippen MR) is 327 cm³/mol. The van der Waals surface area contributed by atoms with E-state index in [4.69, 9.17) is 0 Å². The monoisotopic (exact) mass is 1250 g/mol. The van der Waals surface area contributed by atoms with E-state index in [2.05, 4.69) is 161 Å². The first-order valence-corrected chi connectivity index (χ1v) is 27.0. The number of aromatic hydroxyl groups is 4. The van der Waals surface area contributed by atoms with Gasteiger partial charge in [0.2, 0.25) is 0 Å². The lowest BCUT2D eigenvalue weighted by Crippen LogP contribution is -1.97. The highest BCUT2D eigenvalue weighted by atomic mass is 79.9. The number of rotatable bonds is 2. The topological polar surface area (TPSA) is 115 Å². The summed E-state index contributed by atoms with van der Waals surface area (Å²) in [7, 11) is 0. The van der Waals surface area contributed by atoms with Crippen molar-refractivity contribution in [2.75, 3.05) is 0 Å². The molecule has 0 aliphatic heterocycles. The molecule has 0 heterocycles. The number of carbonyl (C=O) groups is 2. The van der Waals surface area contributed by atoms with Gasteiger partial charge in [-0.2, -0.15) is 0 Å². The number of fused-ring (bicyclic) bond motifs is 6. The molecule has 0 atom stereocenters. The van der Waals surface area contributed by atoms with E-state index < -0.39 is 0 Å². The van der Waals surface area contributed by atoms with Crippen molar-refractivity contribution in [3.8, 4) is 45.3 Å². The molecule has 6 nitrogen and oxygen atoms in total. The van der Waals surface area contributed by atoms with Gasteiger partial charge in [-0.05, 0) is 162 Å². The van der Waals surface area contributed by atoms with E-state index in [0.717, 1.165) is 61.0 Å². The summed E-state index contributed by atoms with van der Waals surface area (Å²) in [5, 5.41) is 54.9. The first-order valence-electron chi connectivity index (χ1n) is 23.8. The van der Waals surface area contributed by atoms with E-state index in [9.17, 15) is 30.0 Å². The Morgan fingerprint density at radius 2 is 0.434 bits per heavy atom. The van der Waals surface area contributed by atoms with Crippen molar-refractivity contribution in [2.24, 2.45) is 0 Å². The summed E-state index contributed by atoms with van der Waals surface area (Å²) in [5.74, 6) is 0.353. The molecule has 0 spiro atoms. The fourth-order valence-corrected chi connectivity index (χ4v) is 10.4. The number of hydrogen-bond acceptors (Lipinski definition) is 6. The fraction of sp³-hybridized carbons (Fsp3) is 0. The van der Waals surface area contributed by atoms with Crippen molar-refractivity contribution < 1.29 is 30.0 Å². The number of phenolic OH excluding ortho intramolecular Hbond substituents is 4. The molecule has 0 radical (unpaired) electrons. The standard InChI is InChI=1S/2C20H12Br2O2.2C10H8.C6H4O2/c2*21-13-3-5-15-11(9-13)1-7-17(23)19(15)20-16-6-4-14(22)10-12(16)2-8-18(20)24;2*1-2-6-10-8-4-3-7-9(10)5-1;7-5-1-2-6(8)4-3-5/h2*1-10,23-24H;2*1-8H;1-4H. The van der Waals surface area contributed by atoms with E-state index >= 15 is 0 Å². The first-order chi connectivity index (χ1) is 36.8. The van der Waals surface area contributed by atoms with Crippen LogP contribution in [0, 0.1) is 0 Å². The molecule has 1 aliphatic carbocycles. The number of phenols is 4. The zero-order chi connectivity index (χ0) is 53.3. The molecule has 13 rings (SSSR count). The summed E-state index contributed by atoms with van der Waals surface area (Å²) in [6, 6.07) is 71.1. The lowest BCUT2D eigenvalue weighted by molar-refractivity contribution is -0.113. The van der Waals surface area contributed by atoms with Crippen molar-refractivity contribution in [3.05, 3.63) is 261 Å². The number of carbonyl (C=O) groups excluding carboxylic acids is 2. The second-order valence-corrected chi connectivity index (χ2v) is 21.1. The third-order valence-electron chi connectivity index (χ3n) is 12.5. The Morgan fingerprint density at radius 1 is 0.237 bits per heavy atom. The summed E-state index contributed by atoms with van der Waals surface area (Å²) in [6.07, 6.45) is 5.01. The summed E-state index contributed by atoms with van der Waals surface area (Å²) in [5.41, 5.74) is 2.58. The molecule has 0 amide bonds. The van der Waals surface area contributed by atoms with Crippen LogP contribution in [-0.4, -0.2) is 32.0 Å². The normalized spacial score (nSPS) is 11.6. The van der Waals surface area contributed by atoms with Crippen LogP contribution in [0.15, 0.2) is 261 Å². The molecule has 0 saturated carbocycles. The molecule has 76 heavy (non-hydrogen) atoms. The third kappa shape index (κ3) is 12.4. The zero-order valence-corrected chi connectivity index (χ0v) is 46.6. The Balaban J connectivity index is 0.000000125. The van der Waals surface area contributed by atoms with E-state index in [1.807, 2.05) is 97.1 Å². The van der Waals surface area contributed by atoms with Crippen molar-refractivity contribution >= 4 is 140 Å². The van der Waals surface area contributed by atoms with Gasteiger partial charge in [0.05, 0.1) is 0 Å². The van der Waals surface area contributed by atoms with Crippen LogP contribution in [-0.2, 0) is 9.59 Å². The molecule has 0 saturated heterocycles. The smallest absolute Gasteiger partial charge is 0.178 e. The maximum absolute atomic E-state index is 10.5. The first kappa shape index (κ1) is 53.0. The Bertz CT molecular complexity index is 3630. The second-order valence-electron chi connectivity index (χ2n) is 17.5. The minimum Gasteiger partial charge on any atom is -0.507 e. The quantitative estimate of drug-likeness (QED) is 0.128. The third-order valence-corrected chi connectivity index (χ3v) is 14.5. The van der Waals surface area contributed by atoms with E-state index in [1.54, 1.807) is 24.3 Å². The van der Waals surface area contributed by atoms with Gasteiger partial charge < -0.3 is 20.4 Å². The van der Waals surface area contributed by atoms with E-state index in [-0.39, 0.29) is 34.6 Å². The number of ketones is 2. The molecule has 0 bridgehead atoms. The van der Waals surface area contributed by atoms with Crippen molar-refractivity contribution in [2.45, 2.75) is 0 Å². The van der Waals surface area contributed by atoms with Gasteiger partial charge in [-0.25, -0.2) is 0 Å². The number of hydrogen-bond donors (Lipinski definition) is 4. The molecule has 0 fully saturated rings.